The Morgan fingerprint density at radius 1 is 0.642 bits per heavy atom. The van der Waals surface area contributed by atoms with Crippen molar-refractivity contribution in [2.75, 3.05) is 31.8 Å². The minimum Gasteiger partial charge on any atom is -0.482 e. The molecule has 0 atom stereocenters. The van der Waals surface area contributed by atoms with Gasteiger partial charge in [-0.25, -0.2) is 9.59 Å². The topological polar surface area (TPSA) is 82.1 Å². The van der Waals surface area contributed by atoms with Gasteiger partial charge in [0.15, 0.2) is 13.2 Å². The number of hydrogen-bond acceptors (Lipinski definition) is 7. The molecule has 0 spiro atoms. The van der Waals surface area contributed by atoms with Gasteiger partial charge in [0.25, 0.3) is 0 Å². The first-order chi connectivity index (χ1) is 25.0. The summed E-state index contributed by atoms with van der Waals surface area (Å²) in [5.74, 6) is 0.512. The fourth-order valence-corrected chi connectivity index (χ4v) is 7.35. The zero-order valence-electron chi connectivity index (χ0n) is 29.2. The van der Waals surface area contributed by atoms with Crippen molar-refractivity contribution in [3.05, 3.63) is 106 Å². The van der Waals surface area contributed by atoms with Crippen LogP contribution in [-0.2, 0) is 39.5 Å². The van der Waals surface area contributed by atoms with Gasteiger partial charge in [-0.15, -0.1) is 23.5 Å². The van der Waals surface area contributed by atoms with Gasteiger partial charge < -0.3 is 19.3 Å². The Morgan fingerprint density at radius 3 is 1.45 bits per heavy atom. The van der Waals surface area contributed by atoms with E-state index in [0.29, 0.717) is 53.4 Å². The van der Waals surface area contributed by atoms with Gasteiger partial charge in [0.1, 0.15) is 11.5 Å². The summed E-state index contributed by atoms with van der Waals surface area (Å²) in [5.41, 5.74) is -1.03. The lowest BCUT2D eigenvalue weighted by Gasteiger charge is -2.19. The van der Waals surface area contributed by atoms with E-state index in [4.69, 9.17) is 14.6 Å². The molecule has 0 amide bonds. The number of carboxylic acids is 1. The van der Waals surface area contributed by atoms with Crippen molar-refractivity contribution in [3.8, 4) is 22.6 Å². The fourth-order valence-electron chi connectivity index (χ4n) is 5.45. The lowest BCUT2D eigenvalue weighted by Crippen LogP contribution is -2.13. The fraction of sp³-hybridized carbons (Fsp3) is 0.333. The van der Waals surface area contributed by atoms with Gasteiger partial charge in [-0.3, -0.25) is 0 Å². The Kier molecular flexibility index (Phi) is 14.6. The molecule has 14 heteroatoms. The summed E-state index contributed by atoms with van der Waals surface area (Å²) in [5, 5.41) is 8.79. The molecule has 0 fully saturated rings. The highest BCUT2D eigenvalue weighted by atomic mass is 32.2. The van der Waals surface area contributed by atoms with Gasteiger partial charge in [-0.05, 0) is 133 Å². The minimum absolute atomic E-state index is 0.222. The largest absolute Gasteiger partial charge is 0.482 e. The number of methoxy groups -OCH3 is 1. The van der Waals surface area contributed by atoms with E-state index < -0.39 is 53.2 Å². The van der Waals surface area contributed by atoms with Gasteiger partial charge >= 0.3 is 24.3 Å². The van der Waals surface area contributed by atoms with E-state index in [1.807, 2.05) is 25.1 Å². The first kappa shape index (κ1) is 41.5. The molecule has 53 heavy (non-hydrogen) atoms. The van der Waals surface area contributed by atoms with Crippen LogP contribution in [0, 0.1) is 13.8 Å². The maximum atomic E-state index is 14.3. The predicted octanol–water partition coefficient (Wildman–Crippen LogP) is 10.5. The second kappa shape index (κ2) is 18.6. The quantitative estimate of drug-likeness (QED) is 0.0491. The Hall–Kier alpha value is -4.30. The number of aliphatic carboxylic acids is 1. The summed E-state index contributed by atoms with van der Waals surface area (Å²) >= 11 is 2.97. The Labute approximate surface area is 312 Å². The summed E-state index contributed by atoms with van der Waals surface area (Å²) in [7, 11) is 1.26. The zero-order valence-corrected chi connectivity index (χ0v) is 30.8. The second-order valence-electron chi connectivity index (χ2n) is 12.1. The monoisotopic (exact) mass is 780 g/mol. The molecule has 0 heterocycles. The van der Waals surface area contributed by atoms with Crippen LogP contribution >= 0.6 is 23.5 Å². The van der Waals surface area contributed by atoms with Crippen LogP contribution in [0.1, 0.15) is 46.2 Å². The number of esters is 1. The molecule has 0 bridgehead atoms. The van der Waals surface area contributed by atoms with E-state index in [2.05, 4.69) is 4.74 Å². The molecule has 0 aliphatic carbocycles. The maximum absolute atomic E-state index is 14.3. The SMILES string of the molecule is COC(=O)COc1ccc(SCCCc2ccc(-c3ccc(CCCSc4ccc(OCC(=O)O)c(C)c4)cc3C(F)(F)F)c(C(F)(F)F)c2)cc1C. The number of carbonyl (C=O) groups is 2. The van der Waals surface area contributed by atoms with E-state index in [0.717, 1.165) is 45.2 Å². The summed E-state index contributed by atoms with van der Waals surface area (Å²) in [6, 6.07) is 17.7. The molecule has 0 saturated carbocycles. The molecule has 4 rings (SSSR count). The summed E-state index contributed by atoms with van der Waals surface area (Å²) in [6.45, 7) is 2.91. The molecule has 4 aromatic carbocycles. The molecule has 284 valence electrons. The average molecular weight is 781 g/mol. The lowest BCUT2D eigenvalue weighted by molar-refractivity contribution is -0.143. The number of rotatable bonds is 17. The Bertz CT molecular complexity index is 1890. The predicted molar refractivity (Wildman–Crippen MR) is 193 cm³/mol. The minimum atomic E-state index is -4.88. The number of benzene rings is 4. The number of carboxylic acid groups (broad SMARTS) is 1. The summed E-state index contributed by atoms with van der Waals surface area (Å²) in [4.78, 5) is 23.9. The first-order valence-electron chi connectivity index (χ1n) is 16.5. The Balaban J connectivity index is 1.40. The van der Waals surface area contributed by atoms with Crippen LogP contribution in [0.25, 0.3) is 11.1 Å². The molecule has 0 unspecified atom stereocenters. The van der Waals surface area contributed by atoms with Gasteiger partial charge in [-0.1, -0.05) is 24.3 Å². The highest BCUT2D eigenvalue weighted by Crippen LogP contribution is 2.43. The molecular formula is C39H38F6O6S2. The molecule has 0 saturated heterocycles. The van der Waals surface area contributed by atoms with Crippen molar-refractivity contribution in [1.29, 1.82) is 0 Å². The number of alkyl halides is 6. The molecule has 0 aliphatic rings. The van der Waals surface area contributed by atoms with Crippen molar-refractivity contribution >= 4 is 35.5 Å². The standard InChI is InChI=1S/C39H38F6O6S2/c1-24-18-28(10-14-34(24)50-22-36(46)47)52-16-4-6-26-8-12-30(32(20-26)38(40,41)42)31-13-9-27(21-33(31)39(43,44)45)7-5-17-53-29-11-15-35(25(2)19-29)51-23-37(48)49-3/h8-15,18-21H,4-7,16-17,22-23H2,1-3H3,(H,46,47). The van der Waals surface area contributed by atoms with Crippen LogP contribution in [-0.4, -0.2) is 48.9 Å². The molecule has 0 radical (unpaired) electrons. The van der Waals surface area contributed by atoms with Crippen LogP contribution in [0.15, 0.2) is 82.6 Å². The van der Waals surface area contributed by atoms with E-state index in [1.165, 1.54) is 42.8 Å². The number of thioether (sulfide) groups is 2. The van der Waals surface area contributed by atoms with Gasteiger partial charge in [0.05, 0.1) is 18.2 Å². The summed E-state index contributed by atoms with van der Waals surface area (Å²) in [6.07, 6.45) is -8.16. The second-order valence-corrected chi connectivity index (χ2v) is 14.4. The van der Waals surface area contributed by atoms with Crippen molar-refractivity contribution in [1.82, 2.24) is 0 Å². The van der Waals surface area contributed by atoms with Crippen molar-refractivity contribution in [2.45, 2.75) is 61.7 Å². The van der Waals surface area contributed by atoms with Crippen molar-refractivity contribution in [2.24, 2.45) is 0 Å². The van der Waals surface area contributed by atoms with Crippen LogP contribution < -0.4 is 9.47 Å². The molecule has 1 N–H and O–H groups in total. The normalized spacial score (nSPS) is 11.7. The van der Waals surface area contributed by atoms with Gasteiger partial charge in [-0.2, -0.15) is 26.3 Å². The van der Waals surface area contributed by atoms with Gasteiger partial charge in [0.2, 0.25) is 0 Å². The smallest absolute Gasteiger partial charge is 0.417 e. The third-order valence-electron chi connectivity index (χ3n) is 8.04. The zero-order chi connectivity index (χ0) is 38.8. The molecular weight excluding hydrogens is 743 g/mol. The number of hydrogen-bond donors (Lipinski definition) is 1. The number of halogens is 6. The van der Waals surface area contributed by atoms with E-state index in [9.17, 15) is 35.9 Å². The van der Waals surface area contributed by atoms with E-state index in [1.54, 1.807) is 25.1 Å². The first-order valence-corrected chi connectivity index (χ1v) is 18.4. The van der Waals surface area contributed by atoms with Crippen molar-refractivity contribution < 1.29 is 55.2 Å². The third-order valence-corrected chi connectivity index (χ3v) is 10.2. The summed E-state index contributed by atoms with van der Waals surface area (Å²) < 4.78 is 101. The molecule has 0 aromatic heterocycles. The van der Waals surface area contributed by atoms with Gasteiger partial charge in [0, 0.05) is 9.79 Å². The van der Waals surface area contributed by atoms with Crippen LogP contribution in [0.4, 0.5) is 26.3 Å². The van der Waals surface area contributed by atoms with E-state index in [-0.39, 0.29) is 13.0 Å². The highest BCUT2D eigenvalue weighted by molar-refractivity contribution is 7.99. The van der Waals surface area contributed by atoms with Crippen molar-refractivity contribution in [3.63, 3.8) is 0 Å². The maximum Gasteiger partial charge on any atom is 0.417 e. The third kappa shape index (κ3) is 12.4. The number of aryl methyl sites for hydroxylation is 4. The number of carbonyl (C=O) groups excluding carboxylic acids is 1. The van der Waals surface area contributed by atoms with Crippen LogP contribution in [0.2, 0.25) is 0 Å². The van der Waals surface area contributed by atoms with Crippen LogP contribution in [0.3, 0.4) is 0 Å². The average Bonchev–Trinajstić information content (AvgIpc) is 3.10. The number of ether oxygens (including phenoxy) is 3. The highest BCUT2D eigenvalue weighted by Gasteiger charge is 2.38. The molecule has 6 nitrogen and oxygen atoms in total. The van der Waals surface area contributed by atoms with E-state index >= 15 is 0 Å². The molecule has 4 aromatic rings. The molecule has 0 aliphatic heterocycles. The Morgan fingerprint density at radius 2 is 1.08 bits per heavy atom. The lowest BCUT2D eigenvalue weighted by atomic mass is 9.91. The van der Waals surface area contributed by atoms with Crippen LogP contribution in [0.5, 0.6) is 11.5 Å².